The molecule has 0 spiro atoms. The highest BCUT2D eigenvalue weighted by atomic mass is 32.1. The molecule has 0 unspecified atom stereocenters. The van der Waals surface area contributed by atoms with Gasteiger partial charge in [0.25, 0.3) is 0 Å². The van der Waals surface area contributed by atoms with Crippen molar-refractivity contribution in [1.82, 2.24) is 0 Å². The fourth-order valence-electron chi connectivity index (χ4n) is 0.202. The standard InChI is InChI=1S/C4H6O3.H2S/c1-3(5)7-4(2)6;/h1-2H3;1H2. The van der Waals surface area contributed by atoms with E-state index in [2.05, 4.69) is 4.74 Å². The topological polar surface area (TPSA) is 43.4 Å². The second-order valence-corrected chi connectivity index (χ2v) is 1.09. The lowest BCUT2D eigenvalue weighted by atomic mass is 10.7. The molecule has 0 saturated carbocycles. The van der Waals surface area contributed by atoms with Gasteiger partial charge in [0, 0.05) is 13.8 Å². The van der Waals surface area contributed by atoms with Crippen molar-refractivity contribution in [3.63, 3.8) is 0 Å². The number of ether oxygens (including phenoxy) is 1. The molecule has 0 heterocycles. The predicted molar refractivity (Wildman–Crippen MR) is 32.8 cm³/mol. The fraction of sp³-hybridized carbons (Fsp3) is 0.500. The van der Waals surface area contributed by atoms with Gasteiger partial charge in [0.1, 0.15) is 0 Å². The third-order valence-corrected chi connectivity index (χ3v) is 0.287. The summed E-state index contributed by atoms with van der Waals surface area (Å²) in [4.78, 5) is 19.6. The molecule has 4 heteroatoms. The predicted octanol–water partition coefficient (Wildman–Crippen LogP) is 0.209. The van der Waals surface area contributed by atoms with E-state index in [4.69, 9.17) is 0 Å². The molecule has 0 fully saturated rings. The number of carbonyl (C=O) groups excluding carboxylic acids is 2. The van der Waals surface area contributed by atoms with Crippen molar-refractivity contribution in [1.29, 1.82) is 0 Å². The van der Waals surface area contributed by atoms with Gasteiger partial charge in [-0.3, -0.25) is 9.59 Å². The summed E-state index contributed by atoms with van der Waals surface area (Å²) in [7, 11) is 0. The summed E-state index contributed by atoms with van der Waals surface area (Å²) in [6, 6.07) is 0. The second kappa shape index (κ2) is 4.64. The Hall–Kier alpha value is -0.510. The van der Waals surface area contributed by atoms with Crippen LogP contribution in [0.2, 0.25) is 0 Å². The minimum absolute atomic E-state index is 0. The molecule has 0 aromatic heterocycles. The Balaban J connectivity index is 0. The van der Waals surface area contributed by atoms with Crippen molar-refractivity contribution in [3.8, 4) is 0 Å². The molecule has 0 aliphatic carbocycles. The van der Waals surface area contributed by atoms with Gasteiger partial charge in [0.05, 0.1) is 0 Å². The zero-order valence-corrected chi connectivity index (χ0v) is 5.72. The Bertz CT molecular complexity index is 87.5. The van der Waals surface area contributed by atoms with E-state index in [1.165, 1.54) is 13.8 Å². The molecular weight excluding hydrogens is 128 g/mol. The number of hydrogen-bond donors (Lipinski definition) is 0. The van der Waals surface area contributed by atoms with Gasteiger partial charge in [0.2, 0.25) is 0 Å². The molecule has 8 heavy (non-hydrogen) atoms. The van der Waals surface area contributed by atoms with Gasteiger partial charge in [-0.25, -0.2) is 0 Å². The Morgan fingerprint density at radius 3 is 1.38 bits per heavy atom. The van der Waals surface area contributed by atoms with Crippen molar-refractivity contribution >= 4 is 25.4 Å². The van der Waals surface area contributed by atoms with Gasteiger partial charge >= 0.3 is 11.9 Å². The van der Waals surface area contributed by atoms with Crippen molar-refractivity contribution in [2.24, 2.45) is 0 Å². The van der Waals surface area contributed by atoms with Gasteiger partial charge in [-0.2, -0.15) is 13.5 Å². The van der Waals surface area contributed by atoms with E-state index in [0.717, 1.165) is 0 Å². The van der Waals surface area contributed by atoms with Crippen LogP contribution in [0.3, 0.4) is 0 Å². The van der Waals surface area contributed by atoms with E-state index < -0.39 is 11.9 Å². The number of esters is 2. The minimum atomic E-state index is -0.562. The maximum atomic E-state index is 9.81. The van der Waals surface area contributed by atoms with Crippen LogP contribution in [0, 0.1) is 0 Å². The molecule has 0 radical (unpaired) electrons. The lowest BCUT2D eigenvalue weighted by Crippen LogP contribution is -2.03. The van der Waals surface area contributed by atoms with Crippen LogP contribution < -0.4 is 0 Å². The SMILES string of the molecule is CC(=O)OC(C)=O.S. The molecule has 0 aromatic rings. The molecule has 3 nitrogen and oxygen atoms in total. The van der Waals surface area contributed by atoms with Crippen LogP contribution in [0.5, 0.6) is 0 Å². The first kappa shape index (κ1) is 10.5. The lowest BCUT2D eigenvalue weighted by molar-refractivity contribution is -0.156. The van der Waals surface area contributed by atoms with Gasteiger partial charge in [0.15, 0.2) is 0 Å². The van der Waals surface area contributed by atoms with Gasteiger partial charge in [-0.1, -0.05) is 0 Å². The second-order valence-electron chi connectivity index (χ2n) is 1.09. The average Bonchev–Trinajstić information content (AvgIpc) is 1.27. The third-order valence-electron chi connectivity index (χ3n) is 0.287. The number of hydrogen-bond acceptors (Lipinski definition) is 3. The van der Waals surface area contributed by atoms with Crippen LogP contribution in [0.4, 0.5) is 0 Å². The Morgan fingerprint density at radius 1 is 1.12 bits per heavy atom. The largest absolute Gasteiger partial charge is 0.394 e. The van der Waals surface area contributed by atoms with Crippen molar-refractivity contribution in [3.05, 3.63) is 0 Å². The molecule has 0 atom stereocenters. The van der Waals surface area contributed by atoms with Crippen molar-refractivity contribution in [2.45, 2.75) is 13.8 Å². The van der Waals surface area contributed by atoms with E-state index in [0.29, 0.717) is 0 Å². The Kier molecular flexibility index (Phi) is 6.08. The average molecular weight is 136 g/mol. The summed E-state index contributed by atoms with van der Waals surface area (Å²) in [6.45, 7) is 2.36. The smallest absolute Gasteiger partial charge is 0.310 e. The minimum Gasteiger partial charge on any atom is -0.394 e. The Morgan fingerprint density at radius 2 is 1.38 bits per heavy atom. The molecular formula is C4H8O3S. The summed E-state index contributed by atoms with van der Waals surface area (Å²) >= 11 is 0. The van der Waals surface area contributed by atoms with Gasteiger partial charge in [-0.05, 0) is 0 Å². The normalized spacial score (nSPS) is 6.75. The first-order valence-corrected chi connectivity index (χ1v) is 1.82. The molecule has 0 amide bonds. The lowest BCUT2D eigenvalue weighted by Gasteiger charge is -1.87. The molecule has 0 N–H and O–H groups in total. The van der Waals surface area contributed by atoms with Gasteiger partial charge in [-0.15, -0.1) is 0 Å². The highest BCUT2D eigenvalue weighted by molar-refractivity contribution is 7.59. The Labute approximate surface area is 54.5 Å². The third kappa shape index (κ3) is 9.09. The van der Waals surface area contributed by atoms with E-state index in [1.54, 1.807) is 0 Å². The molecule has 48 valence electrons. The highest BCUT2D eigenvalue weighted by Gasteiger charge is 1.93. The quantitative estimate of drug-likeness (QED) is 0.353. The first-order valence-electron chi connectivity index (χ1n) is 1.82. The number of rotatable bonds is 0. The summed E-state index contributed by atoms with van der Waals surface area (Å²) < 4.78 is 3.97. The molecule has 0 aromatic carbocycles. The van der Waals surface area contributed by atoms with E-state index in [1.807, 2.05) is 0 Å². The van der Waals surface area contributed by atoms with E-state index in [-0.39, 0.29) is 13.5 Å². The highest BCUT2D eigenvalue weighted by Crippen LogP contribution is 1.73. The summed E-state index contributed by atoms with van der Waals surface area (Å²) in [5, 5.41) is 0. The van der Waals surface area contributed by atoms with Crippen LogP contribution in [0.25, 0.3) is 0 Å². The van der Waals surface area contributed by atoms with Crippen LogP contribution in [-0.4, -0.2) is 11.9 Å². The van der Waals surface area contributed by atoms with Crippen LogP contribution >= 0.6 is 13.5 Å². The maximum absolute atomic E-state index is 9.81. The molecule has 0 aliphatic rings. The van der Waals surface area contributed by atoms with E-state index in [9.17, 15) is 9.59 Å². The van der Waals surface area contributed by atoms with Crippen LogP contribution in [-0.2, 0) is 14.3 Å². The summed E-state index contributed by atoms with van der Waals surface area (Å²) in [5.74, 6) is -1.12. The summed E-state index contributed by atoms with van der Waals surface area (Å²) in [5.41, 5.74) is 0. The zero-order valence-electron chi connectivity index (χ0n) is 4.72. The molecule has 0 rings (SSSR count). The van der Waals surface area contributed by atoms with Crippen LogP contribution in [0.1, 0.15) is 13.8 Å². The fourth-order valence-corrected chi connectivity index (χ4v) is 0.202. The van der Waals surface area contributed by atoms with Crippen molar-refractivity contribution < 1.29 is 14.3 Å². The number of carbonyl (C=O) groups is 2. The van der Waals surface area contributed by atoms with Crippen LogP contribution in [0.15, 0.2) is 0 Å². The van der Waals surface area contributed by atoms with Gasteiger partial charge < -0.3 is 4.74 Å². The molecule has 0 bridgehead atoms. The zero-order chi connectivity index (χ0) is 5.86. The summed E-state index contributed by atoms with van der Waals surface area (Å²) in [6.07, 6.45) is 0. The molecule has 0 saturated heterocycles. The van der Waals surface area contributed by atoms with E-state index >= 15 is 0 Å². The molecule has 0 aliphatic heterocycles. The maximum Gasteiger partial charge on any atom is 0.310 e. The monoisotopic (exact) mass is 136 g/mol. The first-order chi connectivity index (χ1) is 3.13. The van der Waals surface area contributed by atoms with Crippen molar-refractivity contribution in [2.75, 3.05) is 0 Å².